The zero-order chi connectivity index (χ0) is 57.4. The second-order valence-electron chi connectivity index (χ2n) is 23.1. The summed E-state index contributed by atoms with van der Waals surface area (Å²) in [6, 6.07) is 64.3. The van der Waals surface area contributed by atoms with E-state index in [1.54, 1.807) is 0 Å². The van der Waals surface area contributed by atoms with Crippen LogP contribution in [0.5, 0.6) is 0 Å². The normalized spacial score (nSPS) is 10.7. The van der Waals surface area contributed by atoms with Gasteiger partial charge in [-0.25, -0.2) is 0 Å². The highest BCUT2D eigenvalue weighted by Gasteiger charge is 2.06. The lowest BCUT2D eigenvalue weighted by Crippen LogP contribution is -1.87. The average Bonchev–Trinajstić information content (AvgIpc) is 3.41. The zero-order valence-electron chi connectivity index (χ0n) is 51.2. The van der Waals surface area contributed by atoms with Crippen molar-refractivity contribution < 1.29 is 0 Å². The monoisotopic (exact) mass is 1030 g/mol. The Bertz CT molecular complexity index is 4030. The van der Waals surface area contributed by atoms with Crippen molar-refractivity contribution >= 4 is 64.6 Å². The number of hydrogen-bond donors (Lipinski definition) is 0. The van der Waals surface area contributed by atoms with E-state index in [2.05, 4.69) is 307 Å². The van der Waals surface area contributed by atoms with Crippen molar-refractivity contribution in [3.05, 3.63) is 282 Å². The second kappa shape index (κ2) is 25.8. The molecule has 0 aliphatic carbocycles. The Labute approximate surface area is 475 Å². The molecule has 12 rings (SSSR count). The minimum atomic E-state index is 1.33. The van der Waals surface area contributed by atoms with Gasteiger partial charge < -0.3 is 0 Å². The fourth-order valence-electron chi connectivity index (χ4n) is 11.5. The molecule has 0 N–H and O–H groups in total. The summed E-state index contributed by atoms with van der Waals surface area (Å²) in [5.41, 5.74) is 25.8. The van der Waals surface area contributed by atoms with Gasteiger partial charge in [-0.15, -0.1) is 0 Å². The van der Waals surface area contributed by atoms with E-state index in [0.29, 0.717) is 0 Å². The van der Waals surface area contributed by atoms with Crippen molar-refractivity contribution in [2.45, 2.75) is 132 Å². The summed E-state index contributed by atoms with van der Waals surface area (Å²) in [6.07, 6.45) is 0. The van der Waals surface area contributed by atoms with Crippen LogP contribution in [0.3, 0.4) is 0 Å². The summed E-state index contributed by atoms with van der Waals surface area (Å²) in [7, 11) is 0. The maximum absolute atomic E-state index is 2.28. The molecule has 0 saturated carbocycles. The van der Waals surface area contributed by atoms with E-state index in [4.69, 9.17) is 0 Å². The first-order valence-corrected chi connectivity index (χ1v) is 28.3. The SMILES string of the molecule is Cc1cc(C)c2c(C)ccc(C)c2c1.Cc1cc(C)c2cc(C)ccc2c1.Cc1cc(C)c2cccc(C)c2c1.Cc1ccc2c(C)cc(C)cc2c1.Cc1ccc2c(C)cc(C)cc2c1.Cc1ccc2c(C)ccc(C)c2c1. The third-order valence-electron chi connectivity index (χ3n) is 15.4. The smallest absolute Gasteiger partial charge is 0.0123 e. The lowest BCUT2D eigenvalue weighted by molar-refractivity contribution is 1.38. The van der Waals surface area contributed by atoms with Gasteiger partial charge in [0.1, 0.15) is 0 Å². The maximum atomic E-state index is 2.28. The van der Waals surface area contributed by atoms with Gasteiger partial charge in [0.15, 0.2) is 0 Å². The van der Waals surface area contributed by atoms with E-state index in [9.17, 15) is 0 Å². The largest absolute Gasteiger partial charge is 0.0614 e. The Hall–Kier alpha value is -7.80. The van der Waals surface area contributed by atoms with Crippen molar-refractivity contribution in [3.8, 4) is 0 Å². The summed E-state index contributed by atoms with van der Waals surface area (Å²) in [6.45, 7) is 41.1. The molecule has 0 radical (unpaired) electrons. The van der Waals surface area contributed by atoms with E-state index >= 15 is 0 Å². The molecule has 0 aromatic heterocycles. The van der Waals surface area contributed by atoms with Crippen LogP contribution in [0.2, 0.25) is 0 Å². The number of aryl methyl sites for hydroxylation is 19. The van der Waals surface area contributed by atoms with Gasteiger partial charge in [0.2, 0.25) is 0 Å². The zero-order valence-corrected chi connectivity index (χ0v) is 51.2. The molecule has 0 saturated heterocycles. The van der Waals surface area contributed by atoms with E-state index in [-0.39, 0.29) is 0 Å². The molecule has 0 unspecified atom stereocenters. The van der Waals surface area contributed by atoms with E-state index in [1.807, 2.05) is 0 Å². The van der Waals surface area contributed by atoms with Crippen LogP contribution >= 0.6 is 0 Å². The summed E-state index contributed by atoms with van der Waals surface area (Å²) in [4.78, 5) is 0. The molecule has 0 amide bonds. The number of fused-ring (bicyclic) bond motifs is 6. The van der Waals surface area contributed by atoms with Gasteiger partial charge in [-0.2, -0.15) is 0 Å². The predicted molar refractivity (Wildman–Crippen MR) is 354 cm³/mol. The van der Waals surface area contributed by atoms with Crippen molar-refractivity contribution in [2.75, 3.05) is 0 Å². The molecule has 0 nitrogen and oxygen atoms in total. The fraction of sp³-hybridized carbons (Fsp3) is 0.241. The number of benzene rings is 12. The first-order chi connectivity index (χ1) is 37.4. The molecule has 402 valence electrons. The molecule has 0 heteroatoms. The molecule has 0 aliphatic heterocycles. The summed E-state index contributed by atoms with van der Waals surface area (Å²) in [5, 5.41) is 16.6. The van der Waals surface area contributed by atoms with Crippen LogP contribution in [0.15, 0.2) is 176 Å². The van der Waals surface area contributed by atoms with Crippen molar-refractivity contribution in [3.63, 3.8) is 0 Å². The highest BCUT2D eigenvalue weighted by atomic mass is 14.1. The minimum Gasteiger partial charge on any atom is -0.0614 e. The Morgan fingerprint density at radius 1 is 0.152 bits per heavy atom. The molecule has 0 aliphatic rings. The summed E-state index contributed by atoms with van der Waals surface area (Å²) < 4.78 is 0. The topological polar surface area (TPSA) is 0 Å². The Kier molecular flexibility index (Phi) is 19.2. The van der Waals surface area contributed by atoms with Crippen LogP contribution in [-0.2, 0) is 0 Å². The third kappa shape index (κ3) is 14.9. The van der Waals surface area contributed by atoms with Gasteiger partial charge in [0.25, 0.3) is 0 Å². The van der Waals surface area contributed by atoms with Crippen molar-refractivity contribution in [1.29, 1.82) is 0 Å². The Balaban J connectivity index is 0.000000137. The van der Waals surface area contributed by atoms with Crippen LogP contribution in [0.1, 0.15) is 106 Å². The maximum Gasteiger partial charge on any atom is -0.0123 e. The second-order valence-corrected chi connectivity index (χ2v) is 23.1. The van der Waals surface area contributed by atoms with Crippen LogP contribution in [0.25, 0.3) is 64.6 Å². The Morgan fingerprint density at radius 3 is 0.975 bits per heavy atom. The molecule has 0 bridgehead atoms. The van der Waals surface area contributed by atoms with Gasteiger partial charge in [0, 0.05) is 0 Å². The van der Waals surface area contributed by atoms with Crippen LogP contribution in [0, 0.1) is 132 Å². The number of hydrogen-bond acceptors (Lipinski definition) is 0. The van der Waals surface area contributed by atoms with Crippen molar-refractivity contribution in [2.24, 2.45) is 0 Å². The van der Waals surface area contributed by atoms with Crippen LogP contribution in [-0.4, -0.2) is 0 Å². The third-order valence-corrected chi connectivity index (χ3v) is 15.4. The molecule has 12 aromatic rings. The standard InChI is InChI=1S/C14H16.5C13H14/c1-9-7-12(4)14-11(3)6-5-10(2)13(14)8-9;1-9-4-7-12-10(2)5-6-11(3)13(12)8-9;1-9-4-5-12-7-10(2)6-11(3)13(12)8-9;2*1-9-4-5-13-11(3)6-10(2)8-12(13)7-9;1-9-7-11(3)12-6-4-5-10(2)13(12)8-9/h5-8H,1-4H3;5*4-8H,1-3H3. The summed E-state index contributed by atoms with van der Waals surface area (Å²) >= 11 is 0. The van der Waals surface area contributed by atoms with Gasteiger partial charge in [-0.05, 0) is 252 Å². The molecule has 79 heavy (non-hydrogen) atoms. The van der Waals surface area contributed by atoms with Gasteiger partial charge in [-0.1, -0.05) is 226 Å². The molecule has 0 spiro atoms. The van der Waals surface area contributed by atoms with Crippen LogP contribution in [0.4, 0.5) is 0 Å². The van der Waals surface area contributed by atoms with E-state index < -0.39 is 0 Å². The summed E-state index contributed by atoms with van der Waals surface area (Å²) in [5.74, 6) is 0. The predicted octanol–water partition coefficient (Wildman–Crippen LogP) is 22.9. The molecule has 0 atom stereocenters. The van der Waals surface area contributed by atoms with Crippen LogP contribution < -0.4 is 0 Å². The molecule has 0 fully saturated rings. The average molecular weight is 1040 g/mol. The highest BCUT2D eigenvalue weighted by Crippen LogP contribution is 2.29. The molecule has 0 heterocycles. The fourth-order valence-corrected chi connectivity index (χ4v) is 11.5. The van der Waals surface area contributed by atoms with E-state index in [0.717, 1.165) is 0 Å². The highest BCUT2D eigenvalue weighted by molar-refractivity contribution is 5.93. The molecular formula is C79H86. The van der Waals surface area contributed by atoms with Gasteiger partial charge in [0.05, 0.1) is 0 Å². The molecule has 12 aromatic carbocycles. The number of rotatable bonds is 0. The first-order valence-electron chi connectivity index (χ1n) is 28.3. The molecular weight excluding hydrogens is 949 g/mol. The minimum absolute atomic E-state index is 1.33. The van der Waals surface area contributed by atoms with Gasteiger partial charge >= 0.3 is 0 Å². The lowest BCUT2D eigenvalue weighted by Gasteiger charge is -2.09. The lowest BCUT2D eigenvalue weighted by atomic mass is 9.95. The van der Waals surface area contributed by atoms with E-state index in [1.165, 1.54) is 170 Å². The quantitative estimate of drug-likeness (QED) is 0.142. The van der Waals surface area contributed by atoms with Gasteiger partial charge in [-0.3, -0.25) is 0 Å². The Morgan fingerprint density at radius 2 is 0.456 bits per heavy atom. The van der Waals surface area contributed by atoms with Crippen molar-refractivity contribution in [1.82, 2.24) is 0 Å². The first kappa shape index (κ1) is 58.9.